The van der Waals surface area contributed by atoms with E-state index in [1.54, 1.807) is 0 Å². The van der Waals surface area contributed by atoms with Gasteiger partial charge in [0, 0.05) is 20.1 Å². The Morgan fingerprint density at radius 3 is 2.82 bits per heavy atom. The van der Waals surface area contributed by atoms with Crippen LogP contribution >= 0.6 is 31.9 Å². The van der Waals surface area contributed by atoms with Crippen molar-refractivity contribution >= 4 is 37.7 Å². The predicted octanol–water partition coefficient (Wildman–Crippen LogP) is 4.14. The fourth-order valence-electron chi connectivity index (χ4n) is 1.79. The van der Waals surface area contributed by atoms with Crippen molar-refractivity contribution in [3.63, 3.8) is 0 Å². The van der Waals surface area contributed by atoms with Gasteiger partial charge in [-0.25, -0.2) is 0 Å². The summed E-state index contributed by atoms with van der Waals surface area (Å²) in [6.45, 7) is 2.13. The average molecular weight is 359 g/mol. The van der Waals surface area contributed by atoms with Gasteiger partial charge in [0.15, 0.2) is 0 Å². The quantitative estimate of drug-likeness (QED) is 0.866. The van der Waals surface area contributed by atoms with Gasteiger partial charge in [-0.15, -0.1) is 0 Å². The van der Waals surface area contributed by atoms with Crippen LogP contribution in [0.1, 0.15) is 18.9 Å². The maximum Gasteiger partial charge on any atom is 0.149 e. The molecule has 0 saturated carbocycles. The fourth-order valence-corrected chi connectivity index (χ4v) is 2.60. The summed E-state index contributed by atoms with van der Waals surface area (Å²) in [6, 6.07) is 6.05. The van der Waals surface area contributed by atoms with E-state index >= 15 is 0 Å². The molecule has 2 aromatic rings. The molecule has 0 atom stereocenters. The third kappa shape index (κ3) is 2.55. The van der Waals surface area contributed by atoms with E-state index in [2.05, 4.69) is 55.0 Å². The second-order valence-corrected chi connectivity index (χ2v) is 5.61. The minimum absolute atomic E-state index is 0.591. The molecule has 2 rings (SSSR count). The van der Waals surface area contributed by atoms with Crippen molar-refractivity contribution in [3.8, 4) is 11.3 Å². The number of aromatic amines is 1. The minimum atomic E-state index is 0.591. The molecule has 1 heterocycles. The van der Waals surface area contributed by atoms with E-state index in [1.165, 1.54) is 0 Å². The van der Waals surface area contributed by atoms with Gasteiger partial charge in [-0.05, 0) is 24.6 Å². The average Bonchev–Trinajstić information content (AvgIpc) is 2.65. The topological polar surface area (TPSA) is 54.7 Å². The largest absolute Gasteiger partial charge is 0.382 e. The van der Waals surface area contributed by atoms with Crippen LogP contribution in [0, 0.1) is 0 Å². The van der Waals surface area contributed by atoms with Gasteiger partial charge < -0.3 is 5.73 Å². The molecule has 0 aliphatic carbocycles. The summed E-state index contributed by atoms with van der Waals surface area (Å²) in [5.74, 6) is 0.591. The van der Waals surface area contributed by atoms with E-state index in [0.29, 0.717) is 5.82 Å². The Bertz CT molecular complexity index is 535. The normalized spacial score (nSPS) is 10.8. The van der Waals surface area contributed by atoms with Gasteiger partial charge in [0.2, 0.25) is 0 Å². The smallest absolute Gasteiger partial charge is 0.149 e. The first-order valence-corrected chi connectivity index (χ1v) is 7.00. The number of hydrogen-bond donors (Lipinski definition) is 2. The van der Waals surface area contributed by atoms with Gasteiger partial charge in [0.1, 0.15) is 5.82 Å². The number of hydrogen-bond acceptors (Lipinski definition) is 2. The molecule has 17 heavy (non-hydrogen) atoms. The number of halogens is 2. The van der Waals surface area contributed by atoms with Crippen LogP contribution in [-0.2, 0) is 6.42 Å². The lowest BCUT2D eigenvalue weighted by molar-refractivity contribution is 0.927. The van der Waals surface area contributed by atoms with Gasteiger partial charge in [-0.3, -0.25) is 5.10 Å². The lowest BCUT2D eigenvalue weighted by atomic mass is 10.0. The highest BCUT2D eigenvalue weighted by atomic mass is 79.9. The van der Waals surface area contributed by atoms with Gasteiger partial charge in [0.25, 0.3) is 0 Å². The third-order valence-electron chi connectivity index (χ3n) is 2.60. The second-order valence-electron chi connectivity index (χ2n) is 3.84. The Balaban J connectivity index is 2.56. The highest BCUT2D eigenvalue weighted by Crippen LogP contribution is 2.34. The number of anilines is 1. The number of nitrogens with two attached hydrogens (primary N) is 1. The highest BCUT2D eigenvalue weighted by Gasteiger charge is 2.14. The van der Waals surface area contributed by atoms with E-state index in [-0.39, 0.29) is 0 Å². The number of H-pyrrole nitrogens is 1. The zero-order chi connectivity index (χ0) is 12.4. The first-order valence-electron chi connectivity index (χ1n) is 5.41. The highest BCUT2D eigenvalue weighted by molar-refractivity contribution is 9.11. The molecule has 0 unspecified atom stereocenters. The molecule has 5 heteroatoms. The standard InChI is InChI=1S/C12H13Br2N3/c1-2-3-8-11(16-17-12(8)15)9-6-7(13)4-5-10(9)14/h4-6H,2-3H2,1H3,(H3,15,16,17). The van der Waals surface area contributed by atoms with Crippen molar-refractivity contribution < 1.29 is 0 Å². The van der Waals surface area contributed by atoms with E-state index in [4.69, 9.17) is 5.73 Å². The molecule has 3 N–H and O–H groups in total. The second kappa shape index (κ2) is 5.23. The monoisotopic (exact) mass is 357 g/mol. The zero-order valence-electron chi connectivity index (χ0n) is 9.43. The lowest BCUT2D eigenvalue weighted by Gasteiger charge is -2.06. The van der Waals surface area contributed by atoms with Crippen LogP contribution in [0.5, 0.6) is 0 Å². The Morgan fingerprint density at radius 2 is 2.12 bits per heavy atom. The van der Waals surface area contributed by atoms with Crippen LogP contribution in [-0.4, -0.2) is 10.2 Å². The summed E-state index contributed by atoms with van der Waals surface area (Å²) in [4.78, 5) is 0. The van der Waals surface area contributed by atoms with Crippen molar-refractivity contribution in [2.75, 3.05) is 5.73 Å². The number of aromatic nitrogens is 2. The number of benzene rings is 1. The molecule has 0 aliphatic rings. The zero-order valence-corrected chi connectivity index (χ0v) is 12.6. The molecule has 0 amide bonds. The summed E-state index contributed by atoms with van der Waals surface area (Å²) in [6.07, 6.45) is 1.97. The summed E-state index contributed by atoms with van der Waals surface area (Å²) >= 11 is 7.03. The van der Waals surface area contributed by atoms with Crippen molar-refractivity contribution in [1.82, 2.24) is 10.2 Å². The van der Waals surface area contributed by atoms with Crippen LogP contribution in [0.4, 0.5) is 5.82 Å². The van der Waals surface area contributed by atoms with Crippen LogP contribution in [0.25, 0.3) is 11.3 Å². The van der Waals surface area contributed by atoms with Crippen molar-refractivity contribution in [1.29, 1.82) is 0 Å². The van der Waals surface area contributed by atoms with Crippen molar-refractivity contribution in [2.24, 2.45) is 0 Å². The van der Waals surface area contributed by atoms with Gasteiger partial charge in [-0.1, -0.05) is 45.2 Å². The summed E-state index contributed by atoms with van der Waals surface area (Å²) < 4.78 is 2.06. The lowest BCUT2D eigenvalue weighted by Crippen LogP contribution is -1.93. The van der Waals surface area contributed by atoms with Crippen molar-refractivity contribution in [3.05, 3.63) is 32.7 Å². The van der Waals surface area contributed by atoms with E-state index < -0.39 is 0 Å². The molecule has 1 aromatic carbocycles. The summed E-state index contributed by atoms with van der Waals surface area (Å²) in [5.41, 5.74) is 9.05. The van der Waals surface area contributed by atoms with Crippen molar-refractivity contribution in [2.45, 2.75) is 19.8 Å². The molecule has 0 bridgehead atoms. The van der Waals surface area contributed by atoms with Gasteiger partial charge >= 0.3 is 0 Å². The van der Waals surface area contributed by atoms with E-state index in [0.717, 1.165) is 38.6 Å². The fraction of sp³-hybridized carbons (Fsp3) is 0.250. The molecule has 3 nitrogen and oxygen atoms in total. The molecule has 90 valence electrons. The SMILES string of the molecule is CCCc1c(N)n[nH]c1-c1cc(Br)ccc1Br. The first kappa shape index (κ1) is 12.6. The van der Waals surface area contributed by atoms with Gasteiger partial charge in [-0.2, -0.15) is 5.10 Å². The number of nitrogens with one attached hydrogen (secondary N) is 1. The van der Waals surface area contributed by atoms with Crippen LogP contribution < -0.4 is 5.73 Å². The van der Waals surface area contributed by atoms with Crippen LogP contribution in [0.15, 0.2) is 27.1 Å². The van der Waals surface area contributed by atoms with Crippen LogP contribution in [0.3, 0.4) is 0 Å². The third-order valence-corrected chi connectivity index (χ3v) is 3.78. The Hall–Kier alpha value is -0.810. The first-order chi connectivity index (χ1) is 8.13. The number of nitrogen functional groups attached to an aromatic ring is 1. The molecular weight excluding hydrogens is 346 g/mol. The molecular formula is C12H13Br2N3. The van der Waals surface area contributed by atoms with Gasteiger partial charge in [0.05, 0.1) is 5.69 Å². The number of nitrogens with zero attached hydrogens (tertiary/aromatic N) is 1. The Kier molecular flexibility index (Phi) is 3.89. The molecule has 0 spiro atoms. The maximum absolute atomic E-state index is 5.88. The predicted molar refractivity (Wildman–Crippen MR) is 77.8 cm³/mol. The minimum Gasteiger partial charge on any atom is -0.382 e. The Morgan fingerprint density at radius 1 is 1.35 bits per heavy atom. The Labute approximate surface area is 117 Å². The van der Waals surface area contributed by atoms with Crippen LogP contribution in [0.2, 0.25) is 0 Å². The molecule has 0 aliphatic heterocycles. The summed E-state index contributed by atoms with van der Waals surface area (Å²) in [5, 5.41) is 7.12. The molecule has 0 radical (unpaired) electrons. The van der Waals surface area contributed by atoms with E-state index in [9.17, 15) is 0 Å². The molecule has 1 aromatic heterocycles. The van der Waals surface area contributed by atoms with E-state index in [1.807, 2.05) is 12.1 Å². The number of rotatable bonds is 3. The maximum atomic E-state index is 5.88. The molecule has 0 fully saturated rings. The molecule has 0 saturated heterocycles. The summed E-state index contributed by atoms with van der Waals surface area (Å²) in [7, 11) is 0.